The molecule has 0 fully saturated rings. The Morgan fingerprint density at radius 1 is 1.67 bits per heavy atom. The highest BCUT2D eigenvalue weighted by atomic mass is 16.4. The summed E-state index contributed by atoms with van der Waals surface area (Å²) < 4.78 is 4.98. The second-order valence-corrected chi connectivity index (χ2v) is 2.34. The normalized spacial score (nSPS) is 9.83. The number of rotatable bonds is 4. The average Bonchev–Trinajstić information content (AvgIpc) is 2.52. The summed E-state index contributed by atoms with van der Waals surface area (Å²) in [6.45, 7) is 4.47. The number of oxazole rings is 1. The maximum absolute atomic E-state index is 11.1. The van der Waals surface area contributed by atoms with Crippen LogP contribution in [0.2, 0.25) is 0 Å². The minimum atomic E-state index is 0.00269. The fourth-order valence-electron chi connectivity index (χ4n) is 0.815. The van der Waals surface area contributed by atoms with Gasteiger partial charge in [-0.25, -0.2) is 0 Å². The molecule has 0 unspecified atom stereocenters. The Balaban J connectivity index is 2.70. The topological polar surface area (TPSA) is 55.1 Å². The lowest BCUT2D eigenvalue weighted by Gasteiger charge is -1.91. The van der Waals surface area contributed by atoms with E-state index in [1.807, 2.05) is 6.92 Å². The zero-order valence-corrected chi connectivity index (χ0v) is 7.26. The number of hydrogen-bond acceptors (Lipinski definition) is 4. The SMILES string of the molecule is CCNc1nc(C(=O)CC)co1. The van der Waals surface area contributed by atoms with Gasteiger partial charge >= 0.3 is 0 Å². The van der Waals surface area contributed by atoms with Crippen molar-refractivity contribution in [1.29, 1.82) is 0 Å². The zero-order valence-electron chi connectivity index (χ0n) is 7.26. The first-order valence-electron chi connectivity index (χ1n) is 4.00. The molecule has 66 valence electrons. The summed E-state index contributed by atoms with van der Waals surface area (Å²) in [4.78, 5) is 15.0. The summed E-state index contributed by atoms with van der Waals surface area (Å²) in [7, 11) is 0. The quantitative estimate of drug-likeness (QED) is 0.695. The number of Topliss-reactive ketones (excluding diaryl/α,β-unsaturated/α-hetero) is 1. The van der Waals surface area contributed by atoms with E-state index >= 15 is 0 Å². The second kappa shape index (κ2) is 3.90. The molecule has 4 nitrogen and oxygen atoms in total. The van der Waals surface area contributed by atoms with Gasteiger partial charge < -0.3 is 9.73 Å². The highest BCUT2D eigenvalue weighted by Gasteiger charge is 2.08. The maximum Gasteiger partial charge on any atom is 0.295 e. The van der Waals surface area contributed by atoms with Crippen LogP contribution < -0.4 is 5.32 Å². The summed E-state index contributed by atoms with van der Waals surface area (Å²) in [5.41, 5.74) is 0.397. The van der Waals surface area contributed by atoms with Crippen molar-refractivity contribution in [3.8, 4) is 0 Å². The van der Waals surface area contributed by atoms with E-state index in [0.29, 0.717) is 18.1 Å². The third kappa shape index (κ3) is 1.84. The second-order valence-electron chi connectivity index (χ2n) is 2.34. The van der Waals surface area contributed by atoms with E-state index in [4.69, 9.17) is 4.42 Å². The molecular weight excluding hydrogens is 156 g/mol. The van der Waals surface area contributed by atoms with Gasteiger partial charge in [-0.05, 0) is 6.92 Å². The highest BCUT2D eigenvalue weighted by Crippen LogP contribution is 2.08. The van der Waals surface area contributed by atoms with E-state index in [9.17, 15) is 4.79 Å². The molecule has 0 bridgehead atoms. The monoisotopic (exact) mass is 168 g/mol. The van der Waals surface area contributed by atoms with Crippen molar-refractivity contribution in [3.63, 3.8) is 0 Å². The first kappa shape index (κ1) is 8.77. The van der Waals surface area contributed by atoms with Gasteiger partial charge in [0.15, 0.2) is 5.78 Å². The largest absolute Gasteiger partial charge is 0.431 e. The number of ketones is 1. The van der Waals surface area contributed by atoms with Crippen molar-refractivity contribution in [1.82, 2.24) is 4.98 Å². The van der Waals surface area contributed by atoms with Crippen LogP contribution in [0.5, 0.6) is 0 Å². The lowest BCUT2D eigenvalue weighted by Crippen LogP contribution is -1.99. The fraction of sp³-hybridized carbons (Fsp3) is 0.500. The molecular formula is C8H12N2O2. The molecule has 0 amide bonds. The van der Waals surface area contributed by atoms with Crippen LogP contribution in [-0.4, -0.2) is 17.3 Å². The predicted molar refractivity (Wildman–Crippen MR) is 45.3 cm³/mol. The van der Waals surface area contributed by atoms with Crippen LogP contribution in [0.3, 0.4) is 0 Å². The van der Waals surface area contributed by atoms with Crippen LogP contribution >= 0.6 is 0 Å². The number of nitrogens with one attached hydrogen (secondary N) is 1. The van der Waals surface area contributed by atoms with Crippen LogP contribution in [0, 0.1) is 0 Å². The third-order valence-electron chi connectivity index (χ3n) is 1.44. The van der Waals surface area contributed by atoms with Crippen molar-refractivity contribution in [2.75, 3.05) is 11.9 Å². The first-order valence-corrected chi connectivity index (χ1v) is 4.00. The molecule has 0 saturated heterocycles. The summed E-state index contributed by atoms with van der Waals surface area (Å²) >= 11 is 0. The molecule has 1 rings (SSSR count). The molecule has 1 N–H and O–H groups in total. The summed E-state index contributed by atoms with van der Waals surface area (Å²) in [5, 5.41) is 2.88. The van der Waals surface area contributed by atoms with E-state index in [1.165, 1.54) is 6.26 Å². The molecule has 1 aromatic heterocycles. The minimum Gasteiger partial charge on any atom is -0.431 e. The Hall–Kier alpha value is -1.32. The van der Waals surface area contributed by atoms with Crippen LogP contribution in [-0.2, 0) is 0 Å². The molecule has 4 heteroatoms. The summed E-state index contributed by atoms with van der Waals surface area (Å²) in [6.07, 6.45) is 1.84. The molecule has 12 heavy (non-hydrogen) atoms. The molecule has 0 atom stereocenters. The van der Waals surface area contributed by atoms with E-state index < -0.39 is 0 Å². The molecule has 0 saturated carbocycles. The van der Waals surface area contributed by atoms with Gasteiger partial charge in [0.25, 0.3) is 6.01 Å². The molecule has 0 aliphatic carbocycles. The van der Waals surface area contributed by atoms with Crippen molar-refractivity contribution in [3.05, 3.63) is 12.0 Å². The number of aromatic nitrogens is 1. The van der Waals surface area contributed by atoms with Gasteiger partial charge in [-0.2, -0.15) is 4.98 Å². The van der Waals surface area contributed by atoms with Crippen molar-refractivity contribution >= 4 is 11.8 Å². The van der Waals surface area contributed by atoms with Crippen molar-refractivity contribution < 1.29 is 9.21 Å². The van der Waals surface area contributed by atoms with Gasteiger partial charge in [-0.15, -0.1) is 0 Å². The fourth-order valence-corrected chi connectivity index (χ4v) is 0.815. The van der Waals surface area contributed by atoms with E-state index in [2.05, 4.69) is 10.3 Å². The number of nitrogens with zero attached hydrogens (tertiary/aromatic N) is 1. The summed E-state index contributed by atoms with van der Waals surface area (Å²) in [6, 6.07) is 0.411. The Bertz CT molecular complexity index is 268. The van der Waals surface area contributed by atoms with E-state index in [-0.39, 0.29) is 5.78 Å². The van der Waals surface area contributed by atoms with Gasteiger partial charge in [0.2, 0.25) is 0 Å². The molecule has 0 aliphatic rings. The van der Waals surface area contributed by atoms with Gasteiger partial charge in [-0.3, -0.25) is 4.79 Å². The van der Waals surface area contributed by atoms with Crippen LogP contribution in [0.1, 0.15) is 30.8 Å². The minimum absolute atomic E-state index is 0.00269. The van der Waals surface area contributed by atoms with Crippen LogP contribution in [0.4, 0.5) is 6.01 Å². The number of carbonyl (C=O) groups is 1. The number of carbonyl (C=O) groups excluding carboxylic acids is 1. The lowest BCUT2D eigenvalue weighted by atomic mass is 10.2. The highest BCUT2D eigenvalue weighted by molar-refractivity contribution is 5.93. The average molecular weight is 168 g/mol. The van der Waals surface area contributed by atoms with E-state index in [0.717, 1.165) is 6.54 Å². The lowest BCUT2D eigenvalue weighted by molar-refractivity contribution is 0.0983. The van der Waals surface area contributed by atoms with E-state index in [1.54, 1.807) is 6.92 Å². The third-order valence-corrected chi connectivity index (χ3v) is 1.44. The molecule has 0 spiro atoms. The van der Waals surface area contributed by atoms with Gasteiger partial charge in [0.1, 0.15) is 12.0 Å². The standard InChI is InChI=1S/C8H12N2O2/c1-3-7(11)6-5-12-8(10-6)9-4-2/h5H,3-4H2,1-2H3,(H,9,10). The predicted octanol–water partition coefficient (Wildman–Crippen LogP) is 1.70. The van der Waals surface area contributed by atoms with Gasteiger partial charge in [-0.1, -0.05) is 6.92 Å². The van der Waals surface area contributed by atoms with Gasteiger partial charge in [0, 0.05) is 13.0 Å². The van der Waals surface area contributed by atoms with Gasteiger partial charge in [0.05, 0.1) is 0 Å². The molecule has 0 aliphatic heterocycles. The first-order chi connectivity index (χ1) is 5.77. The summed E-state index contributed by atoms with van der Waals surface area (Å²) in [5.74, 6) is 0.00269. The van der Waals surface area contributed by atoms with Crippen molar-refractivity contribution in [2.24, 2.45) is 0 Å². The van der Waals surface area contributed by atoms with Crippen molar-refractivity contribution in [2.45, 2.75) is 20.3 Å². The number of anilines is 1. The Morgan fingerprint density at radius 3 is 3.00 bits per heavy atom. The van der Waals surface area contributed by atoms with Crippen LogP contribution in [0.15, 0.2) is 10.7 Å². The zero-order chi connectivity index (χ0) is 8.97. The Labute approximate surface area is 71.0 Å². The molecule has 1 heterocycles. The molecule has 0 radical (unpaired) electrons. The Morgan fingerprint density at radius 2 is 2.42 bits per heavy atom. The molecule has 0 aromatic carbocycles. The molecule has 1 aromatic rings. The smallest absolute Gasteiger partial charge is 0.295 e. The van der Waals surface area contributed by atoms with Crippen LogP contribution in [0.25, 0.3) is 0 Å². The maximum atomic E-state index is 11.1. The number of hydrogen-bond donors (Lipinski definition) is 1. The Kier molecular flexibility index (Phi) is 2.85.